The van der Waals surface area contributed by atoms with Crippen molar-refractivity contribution in [3.05, 3.63) is 53.2 Å². The third-order valence-corrected chi connectivity index (χ3v) is 4.22. The van der Waals surface area contributed by atoms with E-state index in [1.54, 1.807) is 42.7 Å². The van der Waals surface area contributed by atoms with Gasteiger partial charge in [0.15, 0.2) is 17.4 Å². The number of amides is 2. The van der Waals surface area contributed by atoms with E-state index in [0.29, 0.717) is 27.9 Å². The first-order valence-electron chi connectivity index (χ1n) is 7.37. The van der Waals surface area contributed by atoms with Gasteiger partial charge in [0.2, 0.25) is 0 Å². The highest BCUT2D eigenvalue weighted by Gasteiger charge is 2.17. The zero-order chi connectivity index (χ0) is 17.8. The van der Waals surface area contributed by atoms with E-state index in [4.69, 9.17) is 14.9 Å². The predicted molar refractivity (Wildman–Crippen MR) is 93.6 cm³/mol. The minimum absolute atomic E-state index is 0.195. The molecule has 1 aromatic carbocycles. The summed E-state index contributed by atoms with van der Waals surface area (Å²) in [5.74, 6) is 0.256. The van der Waals surface area contributed by atoms with Crippen molar-refractivity contribution in [2.75, 3.05) is 11.9 Å². The standard InChI is InChI=1S/C17H15N3O4S/c1-10-15(20-17(25-10)13-3-2-8-23-13)16(22)19-11-4-6-12(7-5-11)24-9-14(18)21/h2-8H,9H2,1H3,(H2,18,21)(H,19,22). The number of rotatable bonds is 6. The van der Waals surface area contributed by atoms with Gasteiger partial charge >= 0.3 is 0 Å². The van der Waals surface area contributed by atoms with Crippen LogP contribution in [0.5, 0.6) is 5.75 Å². The number of anilines is 1. The van der Waals surface area contributed by atoms with Gasteiger partial charge in [-0.05, 0) is 43.3 Å². The number of furan rings is 1. The Morgan fingerprint density at radius 2 is 2.04 bits per heavy atom. The van der Waals surface area contributed by atoms with E-state index in [-0.39, 0.29) is 12.5 Å². The van der Waals surface area contributed by atoms with Crippen molar-refractivity contribution in [2.45, 2.75) is 6.92 Å². The number of primary amides is 1. The fourth-order valence-electron chi connectivity index (χ4n) is 2.09. The van der Waals surface area contributed by atoms with Gasteiger partial charge in [0.1, 0.15) is 11.4 Å². The molecule has 0 unspecified atom stereocenters. The van der Waals surface area contributed by atoms with Crippen LogP contribution in [0, 0.1) is 6.92 Å². The summed E-state index contributed by atoms with van der Waals surface area (Å²) in [5.41, 5.74) is 5.96. The first-order valence-corrected chi connectivity index (χ1v) is 8.18. The van der Waals surface area contributed by atoms with Gasteiger partial charge in [-0.1, -0.05) is 0 Å². The third-order valence-electron chi connectivity index (χ3n) is 3.24. The summed E-state index contributed by atoms with van der Waals surface area (Å²) in [4.78, 5) is 28.3. The largest absolute Gasteiger partial charge is 0.484 e. The SMILES string of the molecule is Cc1sc(-c2ccco2)nc1C(=O)Nc1ccc(OCC(N)=O)cc1. The lowest BCUT2D eigenvalue weighted by Crippen LogP contribution is -2.20. The molecule has 0 atom stereocenters. The van der Waals surface area contributed by atoms with Crippen molar-refractivity contribution in [3.8, 4) is 16.5 Å². The number of benzene rings is 1. The second-order valence-corrected chi connectivity index (χ2v) is 6.34. The quantitative estimate of drug-likeness (QED) is 0.705. The number of aromatic nitrogens is 1. The van der Waals surface area contributed by atoms with E-state index >= 15 is 0 Å². The average Bonchev–Trinajstić information content (AvgIpc) is 3.23. The molecule has 0 aliphatic rings. The lowest BCUT2D eigenvalue weighted by atomic mass is 10.3. The van der Waals surface area contributed by atoms with Crippen LogP contribution in [0.1, 0.15) is 15.4 Å². The molecule has 2 amide bonds. The topological polar surface area (TPSA) is 107 Å². The number of aryl methyl sites for hydroxylation is 1. The van der Waals surface area contributed by atoms with Crippen LogP contribution < -0.4 is 15.8 Å². The molecule has 25 heavy (non-hydrogen) atoms. The molecule has 8 heteroatoms. The molecule has 128 valence electrons. The van der Waals surface area contributed by atoms with Gasteiger partial charge in [-0.2, -0.15) is 0 Å². The lowest BCUT2D eigenvalue weighted by molar-refractivity contribution is -0.119. The van der Waals surface area contributed by atoms with E-state index in [9.17, 15) is 9.59 Å². The van der Waals surface area contributed by atoms with Crippen LogP contribution in [0.4, 0.5) is 5.69 Å². The number of thiazole rings is 1. The number of carbonyl (C=O) groups excluding carboxylic acids is 2. The summed E-state index contributed by atoms with van der Waals surface area (Å²) < 4.78 is 10.5. The van der Waals surface area contributed by atoms with Gasteiger partial charge < -0.3 is 20.2 Å². The summed E-state index contributed by atoms with van der Waals surface area (Å²) in [6, 6.07) is 10.2. The number of ether oxygens (including phenoxy) is 1. The molecule has 2 heterocycles. The zero-order valence-electron chi connectivity index (χ0n) is 13.3. The number of nitrogens with zero attached hydrogens (tertiary/aromatic N) is 1. The number of carbonyl (C=O) groups is 2. The van der Waals surface area contributed by atoms with Crippen LogP contribution in [0.2, 0.25) is 0 Å². The Labute approximate surface area is 147 Å². The van der Waals surface area contributed by atoms with Crippen molar-refractivity contribution in [1.82, 2.24) is 4.98 Å². The Bertz CT molecular complexity index is 885. The molecule has 0 aliphatic carbocycles. The van der Waals surface area contributed by atoms with Crippen LogP contribution in [-0.4, -0.2) is 23.4 Å². The van der Waals surface area contributed by atoms with Crippen molar-refractivity contribution < 1.29 is 18.7 Å². The van der Waals surface area contributed by atoms with E-state index in [2.05, 4.69) is 10.3 Å². The first kappa shape index (κ1) is 16.7. The van der Waals surface area contributed by atoms with Gasteiger partial charge in [-0.15, -0.1) is 11.3 Å². The van der Waals surface area contributed by atoms with Crippen LogP contribution in [0.25, 0.3) is 10.8 Å². The number of hydrogen-bond acceptors (Lipinski definition) is 6. The second-order valence-electron chi connectivity index (χ2n) is 5.13. The maximum atomic E-state index is 12.4. The summed E-state index contributed by atoms with van der Waals surface area (Å²) in [7, 11) is 0. The summed E-state index contributed by atoms with van der Waals surface area (Å²) in [6.45, 7) is 1.64. The Morgan fingerprint density at radius 3 is 2.68 bits per heavy atom. The molecule has 0 radical (unpaired) electrons. The summed E-state index contributed by atoms with van der Waals surface area (Å²) in [6.07, 6.45) is 1.56. The van der Waals surface area contributed by atoms with Crippen LogP contribution >= 0.6 is 11.3 Å². The second kappa shape index (κ2) is 7.18. The third kappa shape index (κ3) is 4.04. The number of nitrogens with one attached hydrogen (secondary N) is 1. The molecule has 0 saturated carbocycles. The average molecular weight is 357 g/mol. The monoisotopic (exact) mass is 357 g/mol. The van der Waals surface area contributed by atoms with Crippen molar-refractivity contribution in [3.63, 3.8) is 0 Å². The van der Waals surface area contributed by atoms with E-state index < -0.39 is 5.91 Å². The highest BCUT2D eigenvalue weighted by molar-refractivity contribution is 7.15. The molecule has 0 saturated heterocycles. The predicted octanol–water partition coefficient (Wildman–Crippen LogP) is 2.83. The molecule has 0 fully saturated rings. The van der Waals surface area contributed by atoms with Crippen LogP contribution in [0.15, 0.2) is 47.1 Å². The minimum atomic E-state index is -0.552. The smallest absolute Gasteiger partial charge is 0.275 e. The fraction of sp³-hybridized carbons (Fsp3) is 0.118. The maximum absolute atomic E-state index is 12.4. The maximum Gasteiger partial charge on any atom is 0.275 e. The fourth-order valence-corrected chi connectivity index (χ4v) is 2.97. The Balaban J connectivity index is 1.69. The summed E-state index contributed by atoms with van der Waals surface area (Å²) >= 11 is 1.39. The lowest BCUT2D eigenvalue weighted by Gasteiger charge is -2.06. The van der Waals surface area contributed by atoms with Gasteiger partial charge in [-0.25, -0.2) is 4.98 Å². The Kier molecular flexibility index (Phi) is 4.80. The van der Waals surface area contributed by atoms with Crippen molar-refractivity contribution >= 4 is 28.8 Å². The molecule has 2 aromatic heterocycles. The van der Waals surface area contributed by atoms with E-state index in [1.807, 2.05) is 6.92 Å². The van der Waals surface area contributed by atoms with E-state index in [1.165, 1.54) is 11.3 Å². The molecular weight excluding hydrogens is 342 g/mol. The first-order chi connectivity index (χ1) is 12.0. The highest BCUT2D eigenvalue weighted by Crippen LogP contribution is 2.28. The summed E-state index contributed by atoms with van der Waals surface area (Å²) in [5, 5.41) is 3.43. The number of nitrogens with two attached hydrogens (primary N) is 1. The Morgan fingerprint density at radius 1 is 1.28 bits per heavy atom. The molecule has 3 aromatic rings. The molecule has 3 N–H and O–H groups in total. The van der Waals surface area contributed by atoms with Gasteiger partial charge in [-0.3, -0.25) is 9.59 Å². The van der Waals surface area contributed by atoms with Crippen LogP contribution in [0.3, 0.4) is 0 Å². The number of hydrogen-bond donors (Lipinski definition) is 2. The molecule has 0 bridgehead atoms. The van der Waals surface area contributed by atoms with Crippen molar-refractivity contribution in [2.24, 2.45) is 5.73 Å². The van der Waals surface area contributed by atoms with Gasteiger partial charge in [0, 0.05) is 10.6 Å². The van der Waals surface area contributed by atoms with E-state index in [0.717, 1.165) is 4.88 Å². The molecular formula is C17H15N3O4S. The van der Waals surface area contributed by atoms with Crippen molar-refractivity contribution in [1.29, 1.82) is 0 Å². The molecule has 7 nitrogen and oxygen atoms in total. The molecule has 3 rings (SSSR count). The normalized spacial score (nSPS) is 10.4. The van der Waals surface area contributed by atoms with Gasteiger partial charge in [0.05, 0.1) is 6.26 Å². The molecule has 0 spiro atoms. The van der Waals surface area contributed by atoms with Crippen LogP contribution in [-0.2, 0) is 4.79 Å². The van der Waals surface area contributed by atoms with Gasteiger partial charge in [0.25, 0.3) is 11.8 Å². The Hall–Kier alpha value is -3.13. The minimum Gasteiger partial charge on any atom is -0.484 e. The zero-order valence-corrected chi connectivity index (χ0v) is 14.1. The highest BCUT2D eigenvalue weighted by atomic mass is 32.1. The molecule has 0 aliphatic heterocycles.